The number of ether oxygens (including phenoxy) is 1. The topological polar surface area (TPSA) is 83.7 Å². The van der Waals surface area contributed by atoms with Crippen molar-refractivity contribution < 1.29 is 19.1 Å². The minimum atomic E-state index is -0.862. The van der Waals surface area contributed by atoms with Crippen LogP contribution in [0.15, 0.2) is 47.1 Å². The summed E-state index contributed by atoms with van der Waals surface area (Å²) in [5.41, 5.74) is 0.759. The molecule has 0 atom stereocenters. The Morgan fingerprint density at radius 2 is 2.00 bits per heavy atom. The molecule has 0 aliphatic heterocycles. The maximum Gasteiger partial charge on any atom is 0.319 e. The molecule has 2 aromatic rings. The standard InChI is InChI=1S/C19H26N2O4/c1-3-19(23,4-2)14-20-18(22)21-16-8-5-7-15(11-16)12-24-13-17-9-6-10-25-17/h5-11,23H,3-4,12-14H2,1-2H3,(H2,20,21,22). The molecule has 3 N–H and O–H groups in total. The monoisotopic (exact) mass is 346 g/mol. The molecule has 6 nitrogen and oxygen atoms in total. The molecule has 2 amide bonds. The zero-order valence-corrected chi connectivity index (χ0v) is 14.7. The van der Waals surface area contributed by atoms with E-state index in [1.165, 1.54) is 0 Å². The van der Waals surface area contributed by atoms with E-state index in [1.807, 2.05) is 44.2 Å². The molecule has 0 aliphatic rings. The Morgan fingerprint density at radius 3 is 2.68 bits per heavy atom. The fraction of sp³-hybridized carbons (Fsp3) is 0.421. The molecule has 0 spiro atoms. The van der Waals surface area contributed by atoms with E-state index in [4.69, 9.17) is 9.15 Å². The van der Waals surface area contributed by atoms with Crippen LogP contribution in [0, 0.1) is 0 Å². The highest BCUT2D eigenvalue weighted by Crippen LogP contribution is 2.14. The van der Waals surface area contributed by atoms with Crippen LogP contribution in [-0.4, -0.2) is 23.3 Å². The lowest BCUT2D eigenvalue weighted by Gasteiger charge is -2.25. The van der Waals surface area contributed by atoms with Crippen LogP contribution in [0.25, 0.3) is 0 Å². The molecule has 1 aromatic heterocycles. The summed E-state index contributed by atoms with van der Waals surface area (Å²) >= 11 is 0. The maximum absolute atomic E-state index is 12.0. The van der Waals surface area contributed by atoms with Crippen LogP contribution in [0.5, 0.6) is 0 Å². The van der Waals surface area contributed by atoms with E-state index >= 15 is 0 Å². The van der Waals surface area contributed by atoms with Crippen molar-refractivity contribution >= 4 is 11.7 Å². The number of benzene rings is 1. The number of nitrogens with one attached hydrogen (secondary N) is 2. The third kappa shape index (κ3) is 6.25. The molecular weight excluding hydrogens is 320 g/mol. The minimum Gasteiger partial charge on any atom is -0.467 e. The van der Waals surface area contributed by atoms with Crippen molar-refractivity contribution in [3.8, 4) is 0 Å². The van der Waals surface area contributed by atoms with Crippen molar-refractivity contribution in [3.63, 3.8) is 0 Å². The second-order valence-electron chi connectivity index (χ2n) is 6.01. The molecule has 0 saturated carbocycles. The van der Waals surface area contributed by atoms with Crippen molar-refractivity contribution in [2.45, 2.75) is 45.5 Å². The van der Waals surface area contributed by atoms with Gasteiger partial charge in [0, 0.05) is 12.2 Å². The van der Waals surface area contributed by atoms with Gasteiger partial charge in [-0.3, -0.25) is 0 Å². The molecule has 136 valence electrons. The van der Waals surface area contributed by atoms with Gasteiger partial charge in [-0.15, -0.1) is 0 Å². The largest absolute Gasteiger partial charge is 0.467 e. The lowest BCUT2D eigenvalue weighted by molar-refractivity contribution is 0.0354. The van der Waals surface area contributed by atoms with Gasteiger partial charge in [0.15, 0.2) is 0 Å². The number of carbonyl (C=O) groups is 1. The first-order valence-electron chi connectivity index (χ1n) is 8.51. The van der Waals surface area contributed by atoms with Crippen molar-refractivity contribution in [1.82, 2.24) is 5.32 Å². The number of urea groups is 1. The lowest BCUT2D eigenvalue weighted by Crippen LogP contribution is -2.43. The Labute approximate surface area is 148 Å². The van der Waals surface area contributed by atoms with Gasteiger partial charge in [0.05, 0.1) is 18.5 Å². The van der Waals surface area contributed by atoms with E-state index in [-0.39, 0.29) is 12.6 Å². The molecule has 2 rings (SSSR count). The summed E-state index contributed by atoms with van der Waals surface area (Å²) in [6, 6.07) is 10.8. The first-order valence-corrected chi connectivity index (χ1v) is 8.51. The number of amides is 2. The van der Waals surface area contributed by atoms with E-state index in [9.17, 15) is 9.90 Å². The predicted molar refractivity (Wildman–Crippen MR) is 96.2 cm³/mol. The quantitative estimate of drug-likeness (QED) is 0.647. The van der Waals surface area contributed by atoms with Crippen molar-refractivity contribution in [2.75, 3.05) is 11.9 Å². The second-order valence-corrected chi connectivity index (χ2v) is 6.01. The smallest absolute Gasteiger partial charge is 0.319 e. The van der Waals surface area contributed by atoms with Gasteiger partial charge in [0.2, 0.25) is 0 Å². The third-order valence-electron chi connectivity index (χ3n) is 4.17. The highest BCUT2D eigenvalue weighted by atomic mass is 16.5. The predicted octanol–water partition coefficient (Wildman–Crippen LogP) is 3.67. The van der Waals surface area contributed by atoms with Crippen molar-refractivity contribution in [2.24, 2.45) is 0 Å². The summed E-state index contributed by atoms with van der Waals surface area (Å²) < 4.78 is 10.8. The van der Waals surface area contributed by atoms with E-state index in [0.717, 1.165) is 11.3 Å². The fourth-order valence-corrected chi connectivity index (χ4v) is 2.32. The SMILES string of the molecule is CCC(O)(CC)CNC(=O)Nc1cccc(COCc2ccco2)c1. The van der Waals surface area contributed by atoms with Crippen LogP contribution in [0.2, 0.25) is 0 Å². The maximum atomic E-state index is 12.0. The average molecular weight is 346 g/mol. The molecule has 0 aliphatic carbocycles. The van der Waals surface area contributed by atoms with Crippen LogP contribution in [-0.2, 0) is 18.0 Å². The molecule has 0 unspecified atom stereocenters. The Balaban J connectivity index is 1.80. The van der Waals surface area contributed by atoms with Crippen LogP contribution in [0.3, 0.4) is 0 Å². The number of hydrogen-bond acceptors (Lipinski definition) is 4. The summed E-state index contributed by atoms with van der Waals surface area (Å²) in [5.74, 6) is 0.771. The van der Waals surface area contributed by atoms with Crippen LogP contribution >= 0.6 is 0 Å². The van der Waals surface area contributed by atoms with Gasteiger partial charge < -0.3 is 24.9 Å². The molecule has 6 heteroatoms. The highest BCUT2D eigenvalue weighted by Gasteiger charge is 2.22. The van der Waals surface area contributed by atoms with Gasteiger partial charge in [-0.2, -0.15) is 0 Å². The molecule has 0 bridgehead atoms. The Kier molecular flexibility index (Phi) is 7.03. The number of carbonyl (C=O) groups excluding carboxylic acids is 1. The number of anilines is 1. The van der Waals surface area contributed by atoms with E-state index in [1.54, 1.807) is 12.3 Å². The van der Waals surface area contributed by atoms with E-state index in [2.05, 4.69) is 10.6 Å². The Hall–Kier alpha value is -2.31. The third-order valence-corrected chi connectivity index (χ3v) is 4.17. The zero-order chi connectivity index (χ0) is 18.1. The van der Waals surface area contributed by atoms with Crippen LogP contribution in [0.4, 0.5) is 10.5 Å². The molecular formula is C19H26N2O4. The number of furan rings is 1. The molecule has 1 aromatic carbocycles. The summed E-state index contributed by atoms with van der Waals surface area (Å²) in [7, 11) is 0. The normalized spacial score (nSPS) is 11.3. The second kappa shape index (κ2) is 9.25. The van der Waals surface area contributed by atoms with Gasteiger partial charge in [-0.25, -0.2) is 4.79 Å². The zero-order valence-electron chi connectivity index (χ0n) is 14.7. The average Bonchev–Trinajstić information content (AvgIpc) is 3.13. The first-order chi connectivity index (χ1) is 12.0. The summed E-state index contributed by atoms with van der Waals surface area (Å²) in [6.07, 6.45) is 2.79. The molecule has 25 heavy (non-hydrogen) atoms. The highest BCUT2D eigenvalue weighted by molar-refractivity contribution is 5.89. The molecule has 0 saturated heterocycles. The Morgan fingerprint density at radius 1 is 1.20 bits per heavy atom. The van der Waals surface area contributed by atoms with Gasteiger partial charge in [0.25, 0.3) is 0 Å². The molecule has 1 heterocycles. The first kappa shape index (κ1) is 19.0. The van der Waals surface area contributed by atoms with Crippen LogP contribution < -0.4 is 10.6 Å². The molecule has 0 radical (unpaired) electrons. The summed E-state index contributed by atoms with van der Waals surface area (Å²) in [6.45, 7) is 4.84. The van der Waals surface area contributed by atoms with Crippen molar-refractivity contribution in [3.05, 3.63) is 54.0 Å². The fourth-order valence-electron chi connectivity index (χ4n) is 2.32. The van der Waals surface area contributed by atoms with Gasteiger partial charge in [0.1, 0.15) is 12.4 Å². The minimum absolute atomic E-state index is 0.220. The Bertz CT molecular complexity index is 651. The summed E-state index contributed by atoms with van der Waals surface area (Å²) in [4.78, 5) is 12.0. The molecule has 0 fully saturated rings. The van der Waals surface area contributed by atoms with E-state index < -0.39 is 5.60 Å². The van der Waals surface area contributed by atoms with Gasteiger partial charge >= 0.3 is 6.03 Å². The lowest BCUT2D eigenvalue weighted by atomic mass is 9.98. The van der Waals surface area contributed by atoms with Gasteiger partial charge in [-0.05, 0) is 42.7 Å². The number of rotatable bonds is 9. The van der Waals surface area contributed by atoms with E-state index in [0.29, 0.717) is 31.7 Å². The number of hydrogen-bond donors (Lipinski definition) is 3. The summed E-state index contributed by atoms with van der Waals surface area (Å²) in [5, 5.41) is 15.7. The van der Waals surface area contributed by atoms with Crippen molar-refractivity contribution in [1.29, 1.82) is 0 Å². The number of aliphatic hydroxyl groups is 1. The van der Waals surface area contributed by atoms with Gasteiger partial charge in [-0.1, -0.05) is 26.0 Å². The van der Waals surface area contributed by atoms with Crippen LogP contribution in [0.1, 0.15) is 38.0 Å².